The number of carbonyl (C=O) groups excluding carboxylic acids is 3. The van der Waals surface area contributed by atoms with Gasteiger partial charge in [0.15, 0.2) is 4.80 Å². The first-order chi connectivity index (χ1) is 14.5. The molecule has 0 radical (unpaired) electrons. The summed E-state index contributed by atoms with van der Waals surface area (Å²) in [6.45, 7) is 1.91. The van der Waals surface area contributed by atoms with Crippen molar-refractivity contribution in [3.05, 3.63) is 58.4 Å². The van der Waals surface area contributed by atoms with Gasteiger partial charge in [0.25, 0.3) is 5.91 Å². The van der Waals surface area contributed by atoms with Crippen LogP contribution in [0.1, 0.15) is 27.6 Å². The maximum absolute atomic E-state index is 12.9. The van der Waals surface area contributed by atoms with Gasteiger partial charge < -0.3 is 14.0 Å². The zero-order valence-corrected chi connectivity index (χ0v) is 18.3. The molecule has 1 heterocycles. The number of ether oxygens (including phenoxy) is 2. The summed E-state index contributed by atoms with van der Waals surface area (Å²) in [5, 5.41) is 0. The first-order valence-electron chi connectivity index (χ1n) is 9.07. The Morgan fingerprint density at radius 1 is 1.10 bits per heavy atom. The number of nitrogens with zero attached hydrogens (tertiary/aromatic N) is 2. The van der Waals surface area contributed by atoms with Crippen LogP contribution in [0.2, 0.25) is 0 Å². The summed E-state index contributed by atoms with van der Waals surface area (Å²) in [5.41, 5.74) is 1.54. The molecule has 30 heavy (non-hydrogen) atoms. The average molecular weight is 445 g/mol. The highest BCUT2D eigenvalue weighted by molar-refractivity contribution is 7.99. The summed E-state index contributed by atoms with van der Waals surface area (Å²) < 4.78 is 11.9. The Morgan fingerprint density at radius 2 is 1.87 bits per heavy atom. The van der Waals surface area contributed by atoms with Crippen LogP contribution in [-0.4, -0.2) is 42.4 Å². The normalized spacial score (nSPS) is 11.5. The quantitative estimate of drug-likeness (QED) is 0.427. The third kappa shape index (κ3) is 4.63. The second kappa shape index (κ2) is 9.73. The fraction of sp³-hybridized carbons (Fsp3) is 0.238. The Kier molecular flexibility index (Phi) is 7.07. The summed E-state index contributed by atoms with van der Waals surface area (Å²) >= 11 is 2.78. The van der Waals surface area contributed by atoms with Crippen molar-refractivity contribution in [1.82, 2.24) is 4.57 Å². The van der Waals surface area contributed by atoms with Crippen LogP contribution >= 0.6 is 23.1 Å². The molecule has 9 heteroatoms. The van der Waals surface area contributed by atoms with E-state index in [9.17, 15) is 14.4 Å². The molecule has 0 unspecified atom stereocenters. The van der Waals surface area contributed by atoms with E-state index >= 15 is 0 Å². The van der Waals surface area contributed by atoms with Crippen molar-refractivity contribution >= 4 is 51.2 Å². The number of thiazole rings is 1. The second-order valence-corrected chi connectivity index (χ2v) is 8.38. The monoisotopic (exact) mass is 444 g/mol. The van der Waals surface area contributed by atoms with Crippen LogP contribution in [0, 0.1) is 0 Å². The number of hydrogen-bond acceptors (Lipinski definition) is 7. The number of carbonyl (C=O) groups is 3. The predicted octanol–water partition coefficient (Wildman–Crippen LogP) is 3.52. The Hall–Kier alpha value is -2.91. The molecular weight excluding hydrogens is 424 g/mol. The van der Waals surface area contributed by atoms with Gasteiger partial charge >= 0.3 is 11.9 Å². The van der Waals surface area contributed by atoms with Gasteiger partial charge in [-0.2, -0.15) is 4.99 Å². The molecule has 0 bridgehead atoms. The fourth-order valence-corrected chi connectivity index (χ4v) is 4.69. The van der Waals surface area contributed by atoms with Gasteiger partial charge in [0.05, 0.1) is 35.6 Å². The lowest BCUT2D eigenvalue weighted by atomic mass is 10.2. The van der Waals surface area contributed by atoms with Crippen molar-refractivity contribution in [2.24, 2.45) is 4.99 Å². The average Bonchev–Trinajstić information content (AvgIpc) is 3.09. The molecule has 0 fully saturated rings. The largest absolute Gasteiger partial charge is 0.468 e. The molecule has 3 aromatic rings. The summed E-state index contributed by atoms with van der Waals surface area (Å²) in [6.07, 6.45) is 0. The number of hydrogen-bond donors (Lipinski definition) is 0. The minimum Gasteiger partial charge on any atom is -0.468 e. The molecule has 1 aromatic heterocycles. The van der Waals surface area contributed by atoms with Gasteiger partial charge in [0.2, 0.25) is 0 Å². The van der Waals surface area contributed by atoms with Crippen molar-refractivity contribution in [3.8, 4) is 0 Å². The fourth-order valence-electron chi connectivity index (χ4n) is 2.82. The lowest BCUT2D eigenvalue weighted by Crippen LogP contribution is -2.22. The number of methoxy groups -OCH3 is 2. The number of amides is 1. The third-order valence-electron chi connectivity index (χ3n) is 4.23. The van der Waals surface area contributed by atoms with E-state index in [0.29, 0.717) is 26.1 Å². The van der Waals surface area contributed by atoms with Gasteiger partial charge in [-0.3, -0.25) is 9.59 Å². The van der Waals surface area contributed by atoms with Crippen molar-refractivity contribution < 1.29 is 23.9 Å². The number of fused-ring (bicyclic) bond motifs is 1. The van der Waals surface area contributed by atoms with E-state index < -0.39 is 17.8 Å². The van der Waals surface area contributed by atoms with Gasteiger partial charge in [-0.1, -0.05) is 30.4 Å². The van der Waals surface area contributed by atoms with E-state index in [1.54, 1.807) is 46.7 Å². The topological polar surface area (TPSA) is 87.0 Å². The zero-order chi connectivity index (χ0) is 21.7. The molecule has 0 aliphatic rings. The van der Waals surface area contributed by atoms with E-state index in [1.165, 1.54) is 25.6 Å². The summed E-state index contributed by atoms with van der Waals surface area (Å²) in [7, 11) is 2.61. The maximum atomic E-state index is 12.9. The van der Waals surface area contributed by atoms with Gasteiger partial charge in [0.1, 0.15) is 6.54 Å². The molecule has 0 aliphatic heterocycles. The van der Waals surface area contributed by atoms with Crippen LogP contribution in [0.3, 0.4) is 0 Å². The SMILES string of the molecule is CCSc1ccccc1C(=O)N=c1sc2cc(C(=O)OC)ccc2n1CC(=O)OC. The first kappa shape index (κ1) is 21.8. The van der Waals surface area contributed by atoms with Crippen molar-refractivity contribution in [3.63, 3.8) is 0 Å². The molecule has 7 nitrogen and oxygen atoms in total. The minimum absolute atomic E-state index is 0.106. The van der Waals surface area contributed by atoms with Crippen molar-refractivity contribution in [2.75, 3.05) is 20.0 Å². The maximum Gasteiger partial charge on any atom is 0.337 e. The molecule has 0 atom stereocenters. The van der Waals surface area contributed by atoms with E-state index in [0.717, 1.165) is 10.6 Å². The van der Waals surface area contributed by atoms with Gasteiger partial charge in [0, 0.05) is 4.90 Å². The highest BCUT2D eigenvalue weighted by Gasteiger charge is 2.16. The second-order valence-electron chi connectivity index (χ2n) is 6.07. The van der Waals surface area contributed by atoms with Crippen LogP contribution in [0.5, 0.6) is 0 Å². The molecule has 0 saturated carbocycles. The Morgan fingerprint density at radius 3 is 2.57 bits per heavy atom. The molecular formula is C21H20N2O5S2. The molecule has 0 N–H and O–H groups in total. The first-order valence-corrected chi connectivity index (χ1v) is 10.9. The minimum atomic E-state index is -0.470. The summed E-state index contributed by atoms with van der Waals surface area (Å²) in [4.78, 5) is 42.2. The van der Waals surface area contributed by atoms with Crippen molar-refractivity contribution in [2.45, 2.75) is 18.4 Å². The molecule has 0 saturated heterocycles. The summed E-state index contributed by atoms with van der Waals surface area (Å²) in [6, 6.07) is 12.2. The van der Waals surface area contributed by atoms with Crippen LogP contribution in [0.25, 0.3) is 10.2 Å². The molecule has 156 valence electrons. The Bertz CT molecular complexity index is 1180. The number of rotatable bonds is 6. The number of aromatic nitrogens is 1. The Balaban J connectivity index is 2.15. The summed E-state index contributed by atoms with van der Waals surface area (Å²) in [5.74, 6) is -0.511. The number of thioether (sulfide) groups is 1. The number of esters is 2. The molecule has 1 amide bonds. The molecule has 0 spiro atoms. The predicted molar refractivity (Wildman–Crippen MR) is 116 cm³/mol. The highest BCUT2D eigenvalue weighted by Crippen LogP contribution is 2.24. The highest BCUT2D eigenvalue weighted by atomic mass is 32.2. The van der Waals surface area contributed by atoms with E-state index in [1.807, 2.05) is 19.1 Å². The molecule has 2 aromatic carbocycles. The van der Waals surface area contributed by atoms with Crippen LogP contribution in [0.15, 0.2) is 52.4 Å². The smallest absolute Gasteiger partial charge is 0.337 e. The van der Waals surface area contributed by atoms with E-state index in [4.69, 9.17) is 9.47 Å². The lowest BCUT2D eigenvalue weighted by molar-refractivity contribution is -0.141. The van der Waals surface area contributed by atoms with Gasteiger partial charge in [-0.15, -0.1) is 11.8 Å². The van der Waals surface area contributed by atoms with E-state index in [2.05, 4.69) is 4.99 Å². The van der Waals surface area contributed by atoms with Gasteiger partial charge in [-0.05, 0) is 36.1 Å². The van der Waals surface area contributed by atoms with E-state index in [-0.39, 0.29) is 6.54 Å². The Labute approximate surface area is 181 Å². The number of benzene rings is 2. The van der Waals surface area contributed by atoms with Gasteiger partial charge in [-0.25, -0.2) is 4.79 Å². The molecule has 3 rings (SSSR count). The standard InChI is InChI=1S/C21H20N2O5S2/c1-4-29-16-8-6-5-7-14(16)19(25)22-21-23(12-18(24)27-2)15-10-9-13(20(26)28-3)11-17(15)30-21/h5-11H,4,12H2,1-3H3. The lowest BCUT2D eigenvalue weighted by Gasteiger charge is -2.05. The van der Waals surface area contributed by atoms with Crippen LogP contribution in [-0.2, 0) is 20.8 Å². The third-order valence-corrected chi connectivity index (χ3v) is 6.23. The molecule has 0 aliphatic carbocycles. The van der Waals surface area contributed by atoms with Crippen molar-refractivity contribution in [1.29, 1.82) is 0 Å². The zero-order valence-electron chi connectivity index (χ0n) is 16.7. The van der Waals surface area contributed by atoms with Crippen LogP contribution in [0.4, 0.5) is 0 Å². The van der Waals surface area contributed by atoms with Crippen LogP contribution < -0.4 is 4.80 Å².